The number of hydrogen-bond donors (Lipinski definition) is 0. The number of carbonyl (C=O) groups is 1. The molecule has 92 valence electrons. The van der Waals surface area contributed by atoms with Crippen molar-refractivity contribution in [3.8, 4) is 0 Å². The van der Waals surface area contributed by atoms with Crippen LogP contribution in [0.1, 0.15) is 17.3 Å². The molecule has 1 atom stereocenters. The van der Waals surface area contributed by atoms with Gasteiger partial charge in [0.25, 0.3) is 5.91 Å². The van der Waals surface area contributed by atoms with Crippen LogP contribution >= 0.6 is 11.8 Å². The van der Waals surface area contributed by atoms with Crippen molar-refractivity contribution < 1.29 is 4.79 Å². The third kappa shape index (κ3) is 1.95. The van der Waals surface area contributed by atoms with Crippen LogP contribution in [0.25, 0.3) is 11.0 Å². The summed E-state index contributed by atoms with van der Waals surface area (Å²) in [7, 11) is 0. The lowest BCUT2D eigenvalue weighted by molar-refractivity contribution is 0.0769. The summed E-state index contributed by atoms with van der Waals surface area (Å²) in [6.07, 6.45) is 3.30. The first-order valence-electron chi connectivity index (χ1n) is 5.89. The maximum Gasteiger partial charge on any atom is 0.254 e. The molecule has 1 aliphatic rings. The van der Waals surface area contributed by atoms with E-state index in [9.17, 15) is 4.79 Å². The van der Waals surface area contributed by atoms with Crippen molar-refractivity contribution >= 4 is 28.7 Å². The van der Waals surface area contributed by atoms with Gasteiger partial charge in [-0.2, -0.15) is 0 Å². The summed E-state index contributed by atoms with van der Waals surface area (Å²) in [5.41, 5.74) is 2.28. The molecule has 3 rings (SSSR count). The Hall–Kier alpha value is -1.62. The van der Waals surface area contributed by atoms with E-state index >= 15 is 0 Å². The minimum atomic E-state index is 0.0834. The fraction of sp³-hybridized carbons (Fsp3) is 0.308. The average molecular weight is 259 g/mol. The van der Waals surface area contributed by atoms with E-state index in [0.717, 1.165) is 23.3 Å². The van der Waals surface area contributed by atoms with Crippen LogP contribution in [0.4, 0.5) is 0 Å². The number of benzene rings is 1. The monoisotopic (exact) mass is 259 g/mol. The Morgan fingerprint density at radius 3 is 2.83 bits per heavy atom. The van der Waals surface area contributed by atoms with Gasteiger partial charge in [-0.25, -0.2) is 0 Å². The molecule has 18 heavy (non-hydrogen) atoms. The molecule has 1 fully saturated rings. The van der Waals surface area contributed by atoms with Crippen LogP contribution in [0.2, 0.25) is 0 Å². The summed E-state index contributed by atoms with van der Waals surface area (Å²) in [6.45, 7) is 2.89. The quantitative estimate of drug-likeness (QED) is 0.787. The SMILES string of the molecule is CC1SCCN1C(=O)c1ccc2nccnc2c1. The van der Waals surface area contributed by atoms with Gasteiger partial charge in [0.05, 0.1) is 16.4 Å². The van der Waals surface area contributed by atoms with Gasteiger partial charge in [0.1, 0.15) is 0 Å². The van der Waals surface area contributed by atoms with Crippen molar-refractivity contribution in [1.29, 1.82) is 0 Å². The summed E-state index contributed by atoms with van der Waals surface area (Å²) >= 11 is 1.81. The van der Waals surface area contributed by atoms with E-state index in [1.807, 2.05) is 34.9 Å². The fourth-order valence-electron chi connectivity index (χ4n) is 2.12. The van der Waals surface area contributed by atoms with Gasteiger partial charge in [-0.15, -0.1) is 11.8 Å². The highest BCUT2D eigenvalue weighted by molar-refractivity contribution is 8.00. The Balaban J connectivity index is 1.96. The second kappa shape index (κ2) is 4.57. The first-order valence-corrected chi connectivity index (χ1v) is 6.94. The number of rotatable bonds is 1. The molecule has 0 spiro atoms. The molecule has 1 amide bonds. The molecule has 1 aromatic carbocycles. The Labute approximate surface area is 109 Å². The van der Waals surface area contributed by atoms with Gasteiger partial charge in [0.15, 0.2) is 0 Å². The number of fused-ring (bicyclic) bond motifs is 1. The molecule has 0 bridgehead atoms. The van der Waals surface area contributed by atoms with Gasteiger partial charge in [-0.05, 0) is 25.1 Å². The van der Waals surface area contributed by atoms with Gasteiger partial charge in [0.2, 0.25) is 0 Å². The number of thioether (sulfide) groups is 1. The lowest BCUT2D eigenvalue weighted by Crippen LogP contribution is -2.33. The van der Waals surface area contributed by atoms with Crippen LogP contribution in [0.5, 0.6) is 0 Å². The minimum absolute atomic E-state index is 0.0834. The fourth-order valence-corrected chi connectivity index (χ4v) is 3.15. The van der Waals surface area contributed by atoms with E-state index in [1.54, 1.807) is 12.4 Å². The van der Waals surface area contributed by atoms with Crippen molar-refractivity contribution in [2.24, 2.45) is 0 Å². The highest BCUT2D eigenvalue weighted by Crippen LogP contribution is 2.25. The van der Waals surface area contributed by atoms with Crippen molar-refractivity contribution in [3.05, 3.63) is 36.2 Å². The van der Waals surface area contributed by atoms with Crippen molar-refractivity contribution in [1.82, 2.24) is 14.9 Å². The smallest absolute Gasteiger partial charge is 0.254 e. The molecule has 1 aliphatic heterocycles. The maximum absolute atomic E-state index is 12.4. The number of hydrogen-bond acceptors (Lipinski definition) is 4. The first kappa shape index (κ1) is 11.5. The highest BCUT2D eigenvalue weighted by Gasteiger charge is 2.26. The number of amides is 1. The van der Waals surface area contributed by atoms with Crippen molar-refractivity contribution in [2.45, 2.75) is 12.3 Å². The van der Waals surface area contributed by atoms with Crippen LogP contribution < -0.4 is 0 Å². The van der Waals surface area contributed by atoms with Gasteiger partial charge < -0.3 is 4.90 Å². The summed E-state index contributed by atoms with van der Waals surface area (Å²) in [5, 5.41) is 0.259. The number of aromatic nitrogens is 2. The Kier molecular flexibility index (Phi) is 2.91. The third-order valence-electron chi connectivity index (χ3n) is 3.11. The molecule has 4 nitrogen and oxygen atoms in total. The molecule has 0 radical (unpaired) electrons. The molecule has 0 N–H and O–H groups in total. The van der Waals surface area contributed by atoms with Crippen LogP contribution in [-0.4, -0.2) is 38.4 Å². The lowest BCUT2D eigenvalue weighted by Gasteiger charge is -2.20. The van der Waals surface area contributed by atoms with Gasteiger partial charge in [0, 0.05) is 30.3 Å². The van der Waals surface area contributed by atoms with Crippen LogP contribution in [0.3, 0.4) is 0 Å². The van der Waals surface area contributed by atoms with E-state index in [-0.39, 0.29) is 11.3 Å². The second-order valence-electron chi connectivity index (χ2n) is 4.23. The first-order chi connectivity index (χ1) is 8.75. The lowest BCUT2D eigenvalue weighted by atomic mass is 10.1. The molecular formula is C13H13N3OS. The van der Waals surface area contributed by atoms with Crippen LogP contribution in [-0.2, 0) is 0 Å². The van der Waals surface area contributed by atoms with Gasteiger partial charge >= 0.3 is 0 Å². The number of nitrogens with zero attached hydrogens (tertiary/aromatic N) is 3. The normalized spacial score (nSPS) is 19.4. The molecule has 2 heterocycles. The summed E-state index contributed by atoms with van der Waals surface area (Å²) in [5.74, 6) is 1.10. The highest BCUT2D eigenvalue weighted by atomic mass is 32.2. The molecule has 1 saturated heterocycles. The van der Waals surface area contributed by atoms with E-state index in [4.69, 9.17) is 0 Å². The average Bonchev–Trinajstić information content (AvgIpc) is 2.83. The van der Waals surface area contributed by atoms with E-state index in [0.29, 0.717) is 5.56 Å². The zero-order chi connectivity index (χ0) is 12.5. The standard InChI is InChI=1S/C13H13N3OS/c1-9-16(6-7-18-9)13(17)10-2-3-11-12(8-10)15-5-4-14-11/h2-5,8-9H,6-7H2,1H3. The molecule has 1 aromatic heterocycles. The molecular weight excluding hydrogens is 246 g/mol. The van der Waals surface area contributed by atoms with E-state index < -0.39 is 0 Å². The summed E-state index contributed by atoms with van der Waals surface area (Å²) < 4.78 is 0. The molecule has 2 aromatic rings. The minimum Gasteiger partial charge on any atom is -0.326 e. The zero-order valence-corrected chi connectivity index (χ0v) is 10.9. The molecule has 1 unspecified atom stereocenters. The topological polar surface area (TPSA) is 46.1 Å². The number of carbonyl (C=O) groups excluding carboxylic acids is 1. The third-order valence-corrected chi connectivity index (χ3v) is 4.26. The predicted octanol–water partition coefficient (Wildman–Crippen LogP) is 2.16. The second-order valence-corrected chi connectivity index (χ2v) is 5.65. The Bertz CT molecular complexity index is 602. The molecule has 0 saturated carbocycles. The molecule has 0 aliphatic carbocycles. The molecule has 5 heteroatoms. The Morgan fingerprint density at radius 2 is 2.11 bits per heavy atom. The van der Waals surface area contributed by atoms with E-state index in [1.165, 1.54) is 0 Å². The van der Waals surface area contributed by atoms with Gasteiger partial charge in [-0.1, -0.05) is 0 Å². The predicted molar refractivity (Wildman–Crippen MR) is 72.5 cm³/mol. The van der Waals surface area contributed by atoms with Gasteiger partial charge in [-0.3, -0.25) is 14.8 Å². The van der Waals surface area contributed by atoms with Crippen molar-refractivity contribution in [2.75, 3.05) is 12.3 Å². The van der Waals surface area contributed by atoms with E-state index in [2.05, 4.69) is 16.9 Å². The summed E-state index contributed by atoms with van der Waals surface area (Å²) in [4.78, 5) is 22.7. The largest absolute Gasteiger partial charge is 0.326 e. The van der Waals surface area contributed by atoms with Crippen LogP contribution in [0, 0.1) is 0 Å². The Morgan fingerprint density at radius 1 is 1.33 bits per heavy atom. The van der Waals surface area contributed by atoms with Crippen molar-refractivity contribution in [3.63, 3.8) is 0 Å². The zero-order valence-electron chi connectivity index (χ0n) is 10.0. The summed E-state index contributed by atoms with van der Waals surface area (Å²) in [6, 6.07) is 5.50. The van der Waals surface area contributed by atoms with Crippen LogP contribution in [0.15, 0.2) is 30.6 Å². The maximum atomic E-state index is 12.4.